The summed E-state index contributed by atoms with van der Waals surface area (Å²) in [4.78, 5) is 28.9. The van der Waals surface area contributed by atoms with Crippen molar-refractivity contribution in [2.45, 2.75) is 63.1 Å². The molecule has 34 heavy (non-hydrogen) atoms. The molecule has 2 aliphatic heterocycles. The van der Waals surface area contributed by atoms with E-state index in [1.165, 1.54) is 0 Å². The molecule has 1 aromatic carbocycles. The molecule has 6 atom stereocenters. The third kappa shape index (κ3) is 4.15. The van der Waals surface area contributed by atoms with Gasteiger partial charge in [0.25, 0.3) is 0 Å². The van der Waals surface area contributed by atoms with Crippen LogP contribution in [0.25, 0.3) is 10.9 Å². The quantitative estimate of drug-likeness (QED) is 0.172. The van der Waals surface area contributed by atoms with Gasteiger partial charge in [-0.05, 0) is 56.0 Å². The second-order valence-corrected chi connectivity index (χ2v) is 9.36. The number of hydrogen-bond donors (Lipinski definition) is 6. The van der Waals surface area contributed by atoms with Gasteiger partial charge in [-0.15, -0.1) is 0 Å². The van der Waals surface area contributed by atoms with E-state index < -0.39 is 30.4 Å². The van der Waals surface area contributed by atoms with Gasteiger partial charge in [0.15, 0.2) is 12.4 Å². The third-order valence-electron chi connectivity index (χ3n) is 7.54. The number of fused-ring (bicyclic) bond motifs is 5. The van der Waals surface area contributed by atoms with E-state index in [9.17, 15) is 35.1 Å². The smallest absolute Gasteiger partial charge is 0.343 e. The number of hydrogen-bond acceptors (Lipinski definition) is 9. The van der Waals surface area contributed by atoms with E-state index in [0.29, 0.717) is 0 Å². The number of aliphatic hydroxyl groups is 5. The highest BCUT2D eigenvalue weighted by atomic mass is 16.6. The van der Waals surface area contributed by atoms with Crippen LogP contribution in [0.4, 0.5) is 0 Å². The van der Waals surface area contributed by atoms with Crippen molar-refractivity contribution in [1.82, 2.24) is 9.88 Å². The number of esters is 1. The lowest BCUT2D eigenvalue weighted by molar-refractivity contribution is -0.161. The van der Waals surface area contributed by atoms with E-state index >= 15 is 0 Å². The lowest BCUT2D eigenvalue weighted by atomic mass is 9.68. The van der Waals surface area contributed by atoms with E-state index in [0.717, 1.165) is 60.9 Å². The van der Waals surface area contributed by atoms with E-state index in [1.54, 1.807) is 18.2 Å². The Balaban J connectivity index is 1.60. The van der Waals surface area contributed by atoms with E-state index in [-0.39, 0.29) is 30.1 Å². The Morgan fingerprint density at radius 2 is 2.03 bits per heavy atom. The molecule has 1 fully saturated rings. The molecule has 3 heterocycles. The number of rotatable bonds is 8. The van der Waals surface area contributed by atoms with Crippen molar-refractivity contribution < 1.29 is 39.9 Å². The molecule has 0 radical (unpaired) electrons. The maximum Gasteiger partial charge on any atom is 0.343 e. The van der Waals surface area contributed by atoms with Gasteiger partial charge in [-0.1, -0.05) is 6.92 Å². The molecule has 186 valence electrons. The molecule has 6 N–H and O–H groups in total. The summed E-state index contributed by atoms with van der Waals surface area (Å²) in [7, 11) is 0. The van der Waals surface area contributed by atoms with Crippen molar-refractivity contribution in [3.05, 3.63) is 29.5 Å². The Labute approximate surface area is 196 Å². The topological polar surface area (TPSA) is 164 Å². The number of piperidine rings is 1. The number of carbonyl (C=O) groups excluding carboxylic acids is 2. The second-order valence-electron chi connectivity index (χ2n) is 9.36. The Morgan fingerprint density at radius 1 is 1.26 bits per heavy atom. The van der Waals surface area contributed by atoms with Crippen molar-refractivity contribution >= 4 is 23.2 Å². The standard InChI is InChI=1S/C24H32N2O8/c1-2-24(12-28)7-3-8-26-9-6-14-15-10-13(4-5-16(15)25-18(14)22(24)26)34-23(33)21(32)20(31)19(30)17(29)11-27/h4-5,10-11,17,19-22,25,28-32H,2-3,6-9,12H2,1H3/t17-,19+,20-,21-,22+,24+/m0/s1. The monoisotopic (exact) mass is 476 g/mol. The Hall–Kier alpha value is -2.34. The fraction of sp³-hybridized carbons (Fsp3) is 0.583. The molecular formula is C24H32N2O8. The normalized spacial score (nSPS) is 26.2. The molecule has 2 aliphatic rings. The maximum atomic E-state index is 12.3. The average Bonchev–Trinajstić information content (AvgIpc) is 3.24. The first kappa shape index (κ1) is 24.8. The number of H-pyrrole nitrogens is 1. The predicted octanol–water partition coefficient (Wildman–Crippen LogP) is -0.202. The van der Waals surface area contributed by atoms with Crippen molar-refractivity contribution in [2.75, 3.05) is 19.7 Å². The van der Waals surface area contributed by atoms with Crippen LogP contribution in [0, 0.1) is 5.41 Å². The van der Waals surface area contributed by atoms with Crippen LogP contribution in [0.1, 0.15) is 43.5 Å². The van der Waals surface area contributed by atoms with Gasteiger partial charge in [-0.3, -0.25) is 4.90 Å². The van der Waals surface area contributed by atoms with Crippen molar-refractivity contribution in [3.8, 4) is 5.75 Å². The molecule has 0 amide bonds. The number of aldehydes is 1. The summed E-state index contributed by atoms with van der Waals surface area (Å²) >= 11 is 0. The third-order valence-corrected chi connectivity index (χ3v) is 7.54. The lowest BCUT2D eigenvalue weighted by Crippen LogP contribution is -2.50. The van der Waals surface area contributed by atoms with Crippen molar-refractivity contribution in [1.29, 1.82) is 0 Å². The summed E-state index contributed by atoms with van der Waals surface area (Å²) in [6, 6.07) is 5.07. The molecule has 0 unspecified atom stereocenters. The van der Waals surface area contributed by atoms with Crippen LogP contribution < -0.4 is 4.74 Å². The molecule has 10 nitrogen and oxygen atoms in total. The minimum Gasteiger partial charge on any atom is -0.425 e. The first-order valence-corrected chi connectivity index (χ1v) is 11.6. The SMILES string of the molecule is CC[C@]1(CO)CCCN2CCc3c([nH]c4ccc(OC(=O)[C@@H](O)[C@@H](O)[C@H](O)[C@@H](O)C=O)cc34)[C@@H]21. The largest absolute Gasteiger partial charge is 0.425 e. The number of ether oxygens (including phenoxy) is 1. The zero-order valence-corrected chi connectivity index (χ0v) is 19.1. The van der Waals surface area contributed by atoms with Crippen LogP contribution in [-0.4, -0.2) is 91.8 Å². The van der Waals surface area contributed by atoms with Gasteiger partial charge in [0.05, 0.1) is 12.6 Å². The number of nitrogens with one attached hydrogen (secondary N) is 1. The van der Waals surface area contributed by atoms with Crippen LogP contribution in [0.2, 0.25) is 0 Å². The number of benzene rings is 1. The van der Waals surface area contributed by atoms with Crippen LogP contribution in [-0.2, 0) is 16.0 Å². The van der Waals surface area contributed by atoms with Crippen LogP contribution >= 0.6 is 0 Å². The highest BCUT2D eigenvalue weighted by Crippen LogP contribution is 2.51. The number of nitrogens with zero attached hydrogens (tertiary/aromatic N) is 1. The molecule has 4 rings (SSSR count). The molecule has 10 heteroatoms. The van der Waals surface area contributed by atoms with E-state index in [2.05, 4.69) is 16.8 Å². The maximum absolute atomic E-state index is 12.3. The first-order valence-electron chi connectivity index (χ1n) is 11.6. The number of aromatic amines is 1. The van der Waals surface area contributed by atoms with Crippen LogP contribution in [0.5, 0.6) is 5.75 Å². The average molecular weight is 477 g/mol. The van der Waals surface area contributed by atoms with Gasteiger partial charge in [-0.2, -0.15) is 0 Å². The zero-order valence-electron chi connectivity index (χ0n) is 19.1. The minimum atomic E-state index is -2.16. The molecule has 0 bridgehead atoms. The summed E-state index contributed by atoms with van der Waals surface area (Å²) in [5.74, 6) is -1.08. The van der Waals surface area contributed by atoms with Gasteiger partial charge < -0.3 is 40.0 Å². The van der Waals surface area contributed by atoms with Gasteiger partial charge in [0, 0.05) is 28.6 Å². The lowest BCUT2D eigenvalue weighted by Gasteiger charge is -2.51. The number of aliphatic hydroxyl groups excluding tert-OH is 5. The fourth-order valence-electron chi connectivity index (χ4n) is 5.52. The van der Waals surface area contributed by atoms with Crippen molar-refractivity contribution in [2.24, 2.45) is 5.41 Å². The molecule has 0 saturated carbocycles. The minimum absolute atomic E-state index is 0.00756. The highest BCUT2D eigenvalue weighted by molar-refractivity contribution is 5.88. The summed E-state index contributed by atoms with van der Waals surface area (Å²) < 4.78 is 5.22. The first-order chi connectivity index (χ1) is 16.3. The molecule has 1 aromatic heterocycles. The number of carbonyl (C=O) groups is 2. The Morgan fingerprint density at radius 3 is 2.71 bits per heavy atom. The Kier molecular flexibility index (Phi) is 7.09. The van der Waals surface area contributed by atoms with Gasteiger partial charge in [0.2, 0.25) is 0 Å². The van der Waals surface area contributed by atoms with Crippen LogP contribution in [0.15, 0.2) is 18.2 Å². The number of aromatic nitrogens is 1. The molecular weight excluding hydrogens is 444 g/mol. The fourth-order valence-corrected chi connectivity index (χ4v) is 5.52. The summed E-state index contributed by atoms with van der Waals surface area (Å²) in [6.45, 7) is 4.05. The van der Waals surface area contributed by atoms with Crippen molar-refractivity contribution in [3.63, 3.8) is 0 Å². The Bertz CT molecular complexity index is 1050. The summed E-state index contributed by atoms with van der Waals surface area (Å²) in [5, 5.41) is 50.1. The highest BCUT2D eigenvalue weighted by Gasteiger charge is 2.47. The molecule has 0 spiro atoms. The van der Waals surface area contributed by atoms with E-state index in [4.69, 9.17) is 4.74 Å². The summed E-state index contributed by atoms with van der Waals surface area (Å²) in [5.41, 5.74) is 2.82. The van der Waals surface area contributed by atoms with Gasteiger partial charge in [0.1, 0.15) is 24.1 Å². The zero-order chi connectivity index (χ0) is 24.6. The summed E-state index contributed by atoms with van der Waals surface area (Å²) in [6.07, 6.45) is -4.61. The second kappa shape index (κ2) is 9.73. The van der Waals surface area contributed by atoms with Crippen LogP contribution in [0.3, 0.4) is 0 Å². The molecule has 2 aromatic rings. The molecule has 0 aliphatic carbocycles. The predicted molar refractivity (Wildman–Crippen MR) is 121 cm³/mol. The van der Waals surface area contributed by atoms with Gasteiger partial charge in [-0.25, -0.2) is 4.79 Å². The van der Waals surface area contributed by atoms with Gasteiger partial charge >= 0.3 is 5.97 Å². The molecule has 1 saturated heterocycles. The van der Waals surface area contributed by atoms with E-state index in [1.807, 2.05) is 0 Å².